The Hall–Kier alpha value is -2.07. The summed E-state index contributed by atoms with van der Waals surface area (Å²) in [6, 6.07) is 16.6. The van der Waals surface area contributed by atoms with Crippen LogP contribution in [0.5, 0.6) is 0 Å². The Balaban J connectivity index is 2.02. The van der Waals surface area contributed by atoms with Gasteiger partial charge in [-0.05, 0) is 24.3 Å². The molecule has 0 unspecified atom stereocenters. The zero-order valence-electron chi connectivity index (χ0n) is 10.9. The number of rotatable bonds is 1. The van der Waals surface area contributed by atoms with E-state index in [0.29, 0.717) is 0 Å². The first-order valence-electron chi connectivity index (χ1n) is 6.42. The lowest BCUT2D eigenvalue weighted by Crippen LogP contribution is -1.88. The molecule has 0 aliphatic heterocycles. The van der Waals surface area contributed by atoms with Gasteiger partial charge in [-0.15, -0.1) is 0 Å². The maximum Gasteiger partial charge on any atom is 0.215 e. The Morgan fingerprint density at radius 3 is 2.60 bits per heavy atom. The zero-order valence-corrected chi connectivity index (χ0v) is 12.5. The van der Waals surface area contributed by atoms with Crippen LogP contribution in [-0.2, 0) is 7.05 Å². The normalized spacial score (nSPS) is 11.5. The van der Waals surface area contributed by atoms with Crippen LogP contribution in [0.3, 0.4) is 0 Å². The predicted octanol–water partition coefficient (Wildman–Crippen LogP) is 4.26. The molecule has 0 saturated heterocycles. The topological polar surface area (TPSA) is 22.2 Å². The van der Waals surface area contributed by atoms with Gasteiger partial charge >= 0.3 is 0 Å². The van der Waals surface area contributed by atoms with Crippen molar-refractivity contribution in [2.45, 2.75) is 0 Å². The Morgan fingerprint density at radius 1 is 1.00 bits per heavy atom. The van der Waals surface area contributed by atoms with Crippen molar-refractivity contribution >= 4 is 32.7 Å². The molecular formula is C16H12BrN3. The summed E-state index contributed by atoms with van der Waals surface area (Å²) in [5.41, 5.74) is 4.48. The number of benzene rings is 2. The van der Waals surface area contributed by atoms with E-state index in [1.165, 1.54) is 11.0 Å². The fourth-order valence-electron chi connectivity index (χ4n) is 2.63. The first-order valence-corrected chi connectivity index (χ1v) is 7.22. The molecule has 20 heavy (non-hydrogen) atoms. The minimum Gasteiger partial charge on any atom is -0.313 e. The number of para-hydroxylation sites is 2. The summed E-state index contributed by atoms with van der Waals surface area (Å²) < 4.78 is 5.33. The molecule has 0 spiro atoms. The second-order valence-corrected chi connectivity index (χ2v) is 5.77. The third kappa shape index (κ3) is 1.61. The van der Waals surface area contributed by atoms with Gasteiger partial charge in [0.2, 0.25) is 5.78 Å². The highest BCUT2D eigenvalue weighted by Crippen LogP contribution is 2.26. The van der Waals surface area contributed by atoms with Gasteiger partial charge in [-0.25, -0.2) is 4.98 Å². The number of fused-ring (bicyclic) bond motifs is 3. The molecule has 4 aromatic rings. The van der Waals surface area contributed by atoms with E-state index in [4.69, 9.17) is 4.98 Å². The summed E-state index contributed by atoms with van der Waals surface area (Å²) in [5.74, 6) is 0.959. The number of nitrogens with zero attached hydrogens (tertiary/aromatic N) is 3. The number of aryl methyl sites for hydroxylation is 1. The summed E-state index contributed by atoms with van der Waals surface area (Å²) in [5, 5.41) is 0. The molecule has 4 heteroatoms. The highest BCUT2D eigenvalue weighted by molar-refractivity contribution is 9.10. The third-order valence-corrected chi connectivity index (χ3v) is 4.10. The summed E-state index contributed by atoms with van der Waals surface area (Å²) in [4.78, 5) is 4.77. The molecule has 0 fully saturated rings. The van der Waals surface area contributed by atoms with Crippen molar-refractivity contribution in [1.29, 1.82) is 0 Å². The highest BCUT2D eigenvalue weighted by atomic mass is 79.9. The molecule has 2 heterocycles. The number of halogens is 1. The van der Waals surface area contributed by atoms with Crippen LogP contribution >= 0.6 is 15.9 Å². The Labute approximate surface area is 124 Å². The molecule has 2 aromatic heterocycles. The molecule has 0 atom stereocenters. The second kappa shape index (κ2) is 4.21. The fraction of sp³-hybridized carbons (Fsp3) is 0.0625. The third-order valence-electron chi connectivity index (χ3n) is 3.61. The highest BCUT2D eigenvalue weighted by Gasteiger charge is 2.12. The van der Waals surface area contributed by atoms with Crippen molar-refractivity contribution in [3.8, 4) is 11.3 Å². The lowest BCUT2D eigenvalue weighted by molar-refractivity contribution is 0.970. The average molecular weight is 326 g/mol. The van der Waals surface area contributed by atoms with Crippen molar-refractivity contribution in [3.63, 3.8) is 0 Å². The van der Waals surface area contributed by atoms with Gasteiger partial charge in [0.25, 0.3) is 0 Å². The van der Waals surface area contributed by atoms with Gasteiger partial charge < -0.3 is 4.57 Å². The quantitative estimate of drug-likeness (QED) is 0.512. The Morgan fingerprint density at radius 2 is 1.80 bits per heavy atom. The van der Waals surface area contributed by atoms with E-state index >= 15 is 0 Å². The molecule has 0 radical (unpaired) electrons. The summed E-state index contributed by atoms with van der Waals surface area (Å²) in [7, 11) is 2.05. The van der Waals surface area contributed by atoms with Gasteiger partial charge in [0.15, 0.2) is 0 Å². The van der Waals surface area contributed by atoms with Gasteiger partial charge in [-0.3, -0.25) is 4.40 Å². The van der Waals surface area contributed by atoms with Crippen molar-refractivity contribution in [2.75, 3.05) is 0 Å². The van der Waals surface area contributed by atoms with Crippen LogP contribution in [0.2, 0.25) is 0 Å². The molecule has 2 aromatic carbocycles. The monoisotopic (exact) mass is 325 g/mol. The van der Waals surface area contributed by atoms with Crippen molar-refractivity contribution in [2.24, 2.45) is 7.05 Å². The molecule has 0 aliphatic carbocycles. The number of hydrogen-bond donors (Lipinski definition) is 0. The van der Waals surface area contributed by atoms with Crippen LogP contribution in [0.25, 0.3) is 28.1 Å². The molecule has 3 nitrogen and oxygen atoms in total. The van der Waals surface area contributed by atoms with Gasteiger partial charge in [0, 0.05) is 23.3 Å². The number of aromatic nitrogens is 3. The Kier molecular flexibility index (Phi) is 2.47. The van der Waals surface area contributed by atoms with Crippen molar-refractivity contribution < 1.29 is 0 Å². The lowest BCUT2D eigenvalue weighted by Gasteiger charge is -1.98. The van der Waals surface area contributed by atoms with Gasteiger partial charge in [0.05, 0.1) is 16.7 Å². The molecular weight excluding hydrogens is 314 g/mol. The fourth-order valence-corrected chi connectivity index (χ4v) is 3.03. The van der Waals surface area contributed by atoms with Crippen LogP contribution in [0.1, 0.15) is 0 Å². The second-order valence-electron chi connectivity index (χ2n) is 4.85. The average Bonchev–Trinajstić information content (AvgIpc) is 3.00. The van der Waals surface area contributed by atoms with Crippen molar-refractivity contribution in [1.82, 2.24) is 14.0 Å². The molecule has 4 rings (SSSR count). The predicted molar refractivity (Wildman–Crippen MR) is 84.8 cm³/mol. The van der Waals surface area contributed by atoms with Gasteiger partial charge in [-0.2, -0.15) is 0 Å². The maximum absolute atomic E-state index is 4.77. The van der Waals surface area contributed by atoms with Crippen molar-refractivity contribution in [3.05, 3.63) is 59.2 Å². The minimum atomic E-state index is 0.959. The summed E-state index contributed by atoms with van der Waals surface area (Å²) in [6.07, 6.45) is 2.10. The molecule has 0 amide bonds. The zero-order chi connectivity index (χ0) is 13.7. The number of imidazole rings is 2. The number of hydrogen-bond acceptors (Lipinski definition) is 1. The standard InChI is InChI=1S/C16H12BrN3/c1-19-14-7-2-3-8-15(14)20-10-13(18-16(19)20)11-5-4-6-12(17)9-11/h2-10H,1H3. The maximum atomic E-state index is 4.77. The van der Waals surface area contributed by atoms with E-state index in [9.17, 15) is 0 Å². The lowest BCUT2D eigenvalue weighted by atomic mass is 10.2. The Bertz CT molecular complexity index is 933. The first-order chi connectivity index (χ1) is 9.74. The van der Waals surface area contributed by atoms with Gasteiger partial charge in [-0.1, -0.05) is 40.2 Å². The van der Waals surface area contributed by atoms with Crippen LogP contribution in [0.4, 0.5) is 0 Å². The molecule has 0 aliphatic rings. The van der Waals surface area contributed by atoms with Crippen LogP contribution < -0.4 is 0 Å². The minimum absolute atomic E-state index is 0.959. The van der Waals surface area contributed by atoms with Crippen LogP contribution in [0.15, 0.2) is 59.2 Å². The van der Waals surface area contributed by atoms with E-state index < -0.39 is 0 Å². The molecule has 0 saturated carbocycles. The van der Waals surface area contributed by atoms with Gasteiger partial charge in [0.1, 0.15) is 0 Å². The van der Waals surface area contributed by atoms with Crippen LogP contribution in [-0.4, -0.2) is 14.0 Å². The van der Waals surface area contributed by atoms with E-state index in [1.54, 1.807) is 0 Å². The first kappa shape index (κ1) is 11.7. The van der Waals surface area contributed by atoms with E-state index in [1.807, 2.05) is 12.1 Å². The summed E-state index contributed by atoms with van der Waals surface area (Å²) >= 11 is 3.51. The molecule has 0 bridgehead atoms. The van der Waals surface area contributed by atoms with E-state index in [-0.39, 0.29) is 0 Å². The van der Waals surface area contributed by atoms with Crippen LogP contribution in [0, 0.1) is 0 Å². The largest absolute Gasteiger partial charge is 0.313 e. The van der Waals surface area contributed by atoms with E-state index in [0.717, 1.165) is 21.5 Å². The van der Waals surface area contributed by atoms with E-state index in [2.05, 4.69) is 74.5 Å². The summed E-state index contributed by atoms with van der Waals surface area (Å²) in [6.45, 7) is 0. The molecule has 0 N–H and O–H groups in total. The molecule has 98 valence electrons. The SMILES string of the molecule is Cn1c2ccccc2n2cc(-c3cccc(Br)c3)nc12. The smallest absolute Gasteiger partial charge is 0.215 e.